The van der Waals surface area contributed by atoms with Gasteiger partial charge in [-0.3, -0.25) is 9.59 Å². The van der Waals surface area contributed by atoms with Gasteiger partial charge in [0.25, 0.3) is 5.91 Å². The number of hydrogen-bond acceptors (Lipinski definition) is 6. The number of carbonyl (C=O) groups is 2. The van der Waals surface area contributed by atoms with Crippen LogP contribution < -0.4 is 9.64 Å². The molecule has 0 N–H and O–H groups in total. The van der Waals surface area contributed by atoms with E-state index in [-0.39, 0.29) is 18.2 Å². The third-order valence-corrected chi connectivity index (χ3v) is 5.78. The Kier molecular flexibility index (Phi) is 8.16. The van der Waals surface area contributed by atoms with Gasteiger partial charge in [0.15, 0.2) is 0 Å². The SMILES string of the molecule is COCCN(CCC(=O)N1CCN(c2ccccc2OC)CC1)C(=O)c1cc(C)oc1C. The summed E-state index contributed by atoms with van der Waals surface area (Å²) in [5.74, 6) is 2.05. The number of benzene rings is 1. The van der Waals surface area contributed by atoms with Gasteiger partial charge in [-0.15, -0.1) is 0 Å². The van der Waals surface area contributed by atoms with E-state index in [1.54, 1.807) is 32.1 Å². The van der Waals surface area contributed by atoms with Crippen molar-refractivity contribution in [2.75, 3.05) is 65.0 Å². The molecule has 0 aliphatic carbocycles. The lowest BCUT2D eigenvalue weighted by molar-refractivity contribution is -0.131. The van der Waals surface area contributed by atoms with Gasteiger partial charge in [0.2, 0.25) is 5.91 Å². The topological polar surface area (TPSA) is 75.5 Å². The van der Waals surface area contributed by atoms with Gasteiger partial charge in [-0.05, 0) is 32.0 Å². The number of aryl methyl sites for hydroxylation is 2. The number of methoxy groups -OCH3 is 2. The minimum absolute atomic E-state index is 0.0555. The van der Waals surface area contributed by atoms with Crippen LogP contribution in [-0.4, -0.2) is 81.7 Å². The molecule has 1 aliphatic heterocycles. The number of nitrogens with zero attached hydrogens (tertiary/aromatic N) is 3. The fraction of sp³-hybridized carbons (Fsp3) is 0.500. The van der Waals surface area contributed by atoms with Crippen molar-refractivity contribution in [2.24, 2.45) is 0 Å². The van der Waals surface area contributed by atoms with Crippen molar-refractivity contribution >= 4 is 17.5 Å². The fourth-order valence-corrected chi connectivity index (χ4v) is 4.01. The van der Waals surface area contributed by atoms with Crippen LogP contribution in [0.4, 0.5) is 5.69 Å². The molecule has 0 atom stereocenters. The number of piperazine rings is 1. The van der Waals surface area contributed by atoms with Gasteiger partial charge in [-0.1, -0.05) is 12.1 Å². The number of rotatable bonds is 9. The second-order valence-electron chi connectivity index (χ2n) is 7.90. The van der Waals surface area contributed by atoms with E-state index in [1.807, 2.05) is 36.1 Å². The monoisotopic (exact) mass is 443 g/mol. The first-order valence-corrected chi connectivity index (χ1v) is 11.0. The molecule has 1 aromatic heterocycles. The van der Waals surface area contributed by atoms with E-state index in [0.29, 0.717) is 49.9 Å². The highest BCUT2D eigenvalue weighted by atomic mass is 16.5. The molecule has 1 saturated heterocycles. The highest BCUT2D eigenvalue weighted by Crippen LogP contribution is 2.28. The minimum Gasteiger partial charge on any atom is -0.495 e. The summed E-state index contributed by atoms with van der Waals surface area (Å²) in [6.07, 6.45) is 0.278. The number of hydrogen-bond donors (Lipinski definition) is 0. The molecular weight excluding hydrogens is 410 g/mol. The van der Waals surface area contributed by atoms with Gasteiger partial charge >= 0.3 is 0 Å². The summed E-state index contributed by atoms with van der Waals surface area (Å²) >= 11 is 0. The van der Waals surface area contributed by atoms with Crippen molar-refractivity contribution in [3.8, 4) is 5.75 Å². The van der Waals surface area contributed by atoms with Crippen molar-refractivity contribution in [3.05, 3.63) is 47.4 Å². The summed E-state index contributed by atoms with van der Waals surface area (Å²) in [5, 5.41) is 0. The summed E-state index contributed by atoms with van der Waals surface area (Å²) in [5.41, 5.74) is 1.58. The van der Waals surface area contributed by atoms with Crippen LogP contribution in [0.2, 0.25) is 0 Å². The lowest BCUT2D eigenvalue weighted by Gasteiger charge is -2.37. The number of furan rings is 1. The smallest absolute Gasteiger partial charge is 0.257 e. The Hall–Kier alpha value is -3.00. The zero-order valence-electron chi connectivity index (χ0n) is 19.4. The van der Waals surface area contributed by atoms with Crippen LogP contribution in [0, 0.1) is 13.8 Å². The molecule has 0 bridgehead atoms. The summed E-state index contributed by atoms with van der Waals surface area (Å²) in [4.78, 5) is 31.6. The average Bonchev–Trinajstić information content (AvgIpc) is 3.16. The Bertz CT molecular complexity index is 918. The van der Waals surface area contributed by atoms with Gasteiger partial charge in [-0.2, -0.15) is 0 Å². The predicted octanol–water partition coefficient (Wildman–Crippen LogP) is 2.73. The Balaban J connectivity index is 1.56. The van der Waals surface area contributed by atoms with E-state index >= 15 is 0 Å². The lowest BCUT2D eigenvalue weighted by atomic mass is 10.2. The normalized spacial score (nSPS) is 13.9. The third kappa shape index (κ3) is 5.62. The zero-order chi connectivity index (χ0) is 23.1. The summed E-state index contributed by atoms with van der Waals surface area (Å²) < 4.78 is 16.1. The molecule has 1 aromatic carbocycles. The maximum Gasteiger partial charge on any atom is 0.257 e. The van der Waals surface area contributed by atoms with E-state index in [9.17, 15) is 9.59 Å². The first kappa shape index (κ1) is 23.7. The van der Waals surface area contributed by atoms with E-state index in [2.05, 4.69) is 4.90 Å². The molecule has 3 rings (SSSR count). The molecule has 0 spiro atoms. The van der Waals surface area contributed by atoms with E-state index in [0.717, 1.165) is 24.5 Å². The Morgan fingerprint density at radius 3 is 2.41 bits per heavy atom. The first-order valence-electron chi connectivity index (χ1n) is 11.0. The minimum atomic E-state index is -0.134. The number of amides is 2. The third-order valence-electron chi connectivity index (χ3n) is 5.78. The lowest BCUT2D eigenvalue weighted by Crippen LogP contribution is -2.49. The molecule has 174 valence electrons. The van der Waals surface area contributed by atoms with Crippen molar-refractivity contribution in [3.63, 3.8) is 0 Å². The second kappa shape index (κ2) is 11.0. The van der Waals surface area contributed by atoms with Gasteiger partial charge < -0.3 is 28.6 Å². The summed E-state index contributed by atoms with van der Waals surface area (Å²) in [6.45, 7) is 7.54. The molecule has 1 fully saturated rings. The number of ether oxygens (including phenoxy) is 2. The zero-order valence-corrected chi connectivity index (χ0v) is 19.4. The summed E-state index contributed by atoms with van der Waals surface area (Å²) in [6, 6.07) is 9.67. The fourth-order valence-electron chi connectivity index (χ4n) is 4.01. The first-order chi connectivity index (χ1) is 15.4. The largest absolute Gasteiger partial charge is 0.495 e. The molecule has 0 saturated carbocycles. The van der Waals surface area contributed by atoms with E-state index in [4.69, 9.17) is 13.9 Å². The molecule has 8 heteroatoms. The van der Waals surface area contributed by atoms with Crippen LogP contribution in [0.25, 0.3) is 0 Å². The van der Waals surface area contributed by atoms with E-state index in [1.165, 1.54) is 0 Å². The Labute approximate surface area is 189 Å². The predicted molar refractivity (Wildman–Crippen MR) is 122 cm³/mol. The van der Waals surface area contributed by atoms with Gasteiger partial charge in [-0.25, -0.2) is 0 Å². The molecule has 32 heavy (non-hydrogen) atoms. The molecule has 0 radical (unpaired) electrons. The van der Waals surface area contributed by atoms with Crippen molar-refractivity contribution in [2.45, 2.75) is 20.3 Å². The maximum atomic E-state index is 13.0. The molecular formula is C24H33N3O5. The number of para-hydroxylation sites is 2. The van der Waals surface area contributed by atoms with Crippen molar-refractivity contribution < 1.29 is 23.5 Å². The molecule has 0 unspecified atom stereocenters. The van der Waals surface area contributed by atoms with Crippen LogP contribution in [0.1, 0.15) is 28.3 Å². The quantitative estimate of drug-likeness (QED) is 0.593. The standard InChI is InChI=1S/C24H33N3O5/c1-18-17-20(19(2)32-18)24(29)27(15-16-30-3)10-9-23(28)26-13-11-25(12-14-26)21-7-5-6-8-22(21)31-4/h5-8,17H,9-16H2,1-4H3. The average molecular weight is 444 g/mol. The molecule has 2 heterocycles. The maximum absolute atomic E-state index is 13.0. The van der Waals surface area contributed by atoms with Crippen LogP contribution in [0.15, 0.2) is 34.7 Å². The van der Waals surface area contributed by atoms with Crippen LogP contribution in [0.3, 0.4) is 0 Å². The molecule has 1 aliphatic rings. The van der Waals surface area contributed by atoms with Gasteiger partial charge in [0.05, 0.1) is 25.0 Å². The highest BCUT2D eigenvalue weighted by molar-refractivity contribution is 5.95. The van der Waals surface area contributed by atoms with Crippen molar-refractivity contribution in [1.29, 1.82) is 0 Å². The number of carbonyl (C=O) groups excluding carboxylic acids is 2. The molecule has 2 amide bonds. The molecule has 2 aromatic rings. The Morgan fingerprint density at radius 1 is 1.06 bits per heavy atom. The van der Waals surface area contributed by atoms with Gasteiger partial charge in [0, 0.05) is 52.8 Å². The van der Waals surface area contributed by atoms with E-state index < -0.39 is 0 Å². The molecule has 8 nitrogen and oxygen atoms in total. The summed E-state index contributed by atoms with van der Waals surface area (Å²) in [7, 11) is 3.27. The van der Waals surface area contributed by atoms with Crippen LogP contribution >= 0.6 is 0 Å². The second-order valence-corrected chi connectivity index (χ2v) is 7.90. The highest BCUT2D eigenvalue weighted by Gasteiger charge is 2.25. The van der Waals surface area contributed by atoms with Gasteiger partial charge in [0.1, 0.15) is 17.3 Å². The van der Waals surface area contributed by atoms with Crippen molar-refractivity contribution in [1.82, 2.24) is 9.80 Å². The number of anilines is 1. The van der Waals surface area contributed by atoms with Crippen LogP contribution in [0.5, 0.6) is 5.75 Å². The van der Waals surface area contributed by atoms with Crippen LogP contribution in [-0.2, 0) is 9.53 Å². The Morgan fingerprint density at radius 2 is 1.78 bits per heavy atom.